The van der Waals surface area contributed by atoms with E-state index in [-0.39, 0.29) is 5.82 Å². The molecule has 1 aromatic carbocycles. The fourth-order valence-corrected chi connectivity index (χ4v) is 1.66. The van der Waals surface area contributed by atoms with Gasteiger partial charge < -0.3 is 0 Å². The molecule has 13 heavy (non-hydrogen) atoms. The molecule has 0 aliphatic rings. The van der Waals surface area contributed by atoms with Crippen molar-refractivity contribution in [3.8, 4) is 0 Å². The molecule has 0 bridgehead atoms. The molecule has 0 heterocycles. The van der Waals surface area contributed by atoms with Gasteiger partial charge in [-0.3, -0.25) is 4.99 Å². The smallest absolute Gasteiger partial charge is 0.126 e. The van der Waals surface area contributed by atoms with E-state index in [0.717, 1.165) is 10.6 Å². The van der Waals surface area contributed by atoms with Crippen molar-refractivity contribution in [2.75, 3.05) is 13.3 Å². The first-order chi connectivity index (χ1) is 6.19. The molecule has 0 unspecified atom stereocenters. The molecule has 0 spiro atoms. The van der Waals surface area contributed by atoms with E-state index in [4.69, 9.17) is 0 Å². The molecule has 0 aromatic heterocycles. The summed E-state index contributed by atoms with van der Waals surface area (Å²) >= 11 is 1.57. The Balaban J connectivity index is 3.10. The Bertz CT molecular complexity index is 334. The van der Waals surface area contributed by atoms with Crippen LogP contribution in [0.3, 0.4) is 0 Å². The van der Waals surface area contributed by atoms with Crippen molar-refractivity contribution in [1.29, 1.82) is 0 Å². The van der Waals surface area contributed by atoms with E-state index in [1.807, 2.05) is 12.3 Å². The van der Waals surface area contributed by atoms with Gasteiger partial charge in [-0.2, -0.15) is 0 Å². The normalized spacial score (nSPS) is 11.8. The molecule has 0 saturated heterocycles. The molecule has 0 fully saturated rings. The van der Waals surface area contributed by atoms with E-state index in [1.165, 1.54) is 6.07 Å². The highest BCUT2D eigenvalue weighted by Crippen LogP contribution is 2.14. The summed E-state index contributed by atoms with van der Waals surface area (Å²) in [5, 5.41) is 0.933. The van der Waals surface area contributed by atoms with Crippen LogP contribution in [-0.2, 0) is 0 Å². The summed E-state index contributed by atoms with van der Waals surface area (Å²) in [7, 11) is 1.74. The van der Waals surface area contributed by atoms with Crippen LogP contribution in [0.1, 0.15) is 11.1 Å². The monoisotopic (exact) mass is 197 g/mol. The number of aliphatic imine (C=N–C) groups is 1. The molecule has 0 aliphatic carbocycles. The summed E-state index contributed by atoms with van der Waals surface area (Å²) < 4.78 is 12.9. The van der Waals surface area contributed by atoms with E-state index in [0.29, 0.717) is 5.56 Å². The highest BCUT2D eigenvalue weighted by atomic mass is 32.2. The minimum atomic E-state index is -0.166. The number of nitrogens with zero attached hydrogens (tertiary/aromatic N) is 1. The van der Waals surface area contributed by atoms with Crippen LogP contribution >= 0.6 is 11.8 Å². The van der Waals surface area contributed by atoms with Crippen molar-refractivity contribution >= 4 is 16.8 Å². The van der Waals surface area contributed by atoms with Crippen LogP contribution in [-0.4, -0.2) is 18.3 Å². The van der Waals surface area contributed by atoms with Crippen LogP contribution in [0.2, 0.25) is 0 Å². The molecule has 0 aliphatic heterocycles. The van der Waals surface area contributed by atoms with Gasteiger partial charge in [0.15, 0.2) is 0 Å². The molecular formula is C10H12FNS. The highest BCUT2D eigenvalue weighted by molar-refractivity contribution is 8.13. The summed E-state index contributed by atoms with van der Waals surface area (Å²) in [5.41, 5.74) is 1.64. The largest absolute Gasteiger partial charge is 0.281 e. The average Bonchev–Trinajstić information content (AvgIpc) is 2.13. The van der Waals surface area contributed by atoms with Gasteiger partial charge in [0, 0.05) is 12.6 Å². The zero-order chi connectivity index (χ0) is 9.84. The minimum Gasteiger partial charge on any atom is -0.281 e. The third-order valence-corrected chi connectivity index (χ3v) is 2.61. The average molecular weight is 197 g/mol. The van der Waals surface area contributed by atoms with E-state index < -0.39 is 0 Å². The predicted molar refractivity (Wildman–Crippen MR) is 57.1 cm³/mol. The SMILES string of the molecule is CN=C(SC)c1ccc(F)c(C)c1. The quantitative estimate of drug-likeness (QED) is 0.498. The van der Waals surface area contributed by atoms with Crippen molar-refractivity contribution in [1.82, 2.24) is 0 Å². The van der Waals surface area contributed by atoms with Crippen molar-refractivity contribution in [3.63, 3.8) is 0 Å². The molecule has 70 valence electrons. The van der Waals surface area contributed by atoms with Crippen LogP contribution in [0.4, 0.5) is 4.39 Å². The molecule has 1 aromatic rings. The Morgan fingerprint density at radius 3 is 2.62 bits per heavy atom. The van der Waals surface area contributed by atoms with Crippen molar-refractivity contribution in [2.24, 2.45) is 4.99 Å². The molecular weight excluding hydrogens is 185 g/mol. The van der Waals surface area contributed by atoms with Gasteiger partial charge in [-0.05, 0) is 36.9 Å². The van der Waals surface area contributed by atoms with Crippen molar-refractivity contribution in [3.05, 3.63) is 35.1 Å². The number of aryl methyl sites for hydroxylation is 1. The lowest BCUT2D eigenvalue weighted by molar-refractivity contribution is 0.618. The number of halogens is 1. The third-order valence-electron chi connectivity index (χ3n) is 1.80. The molecule has 0 N–H and O–H groups in total. The molecule has 0 radical (unpaired) electrons. The lowest BCUT2D eigenvalue weighted by Crippen LogP contribution is -1.96. The molecule has 1 nitrogen and oxygen atoms in total. The predicted octanol–water partition coefficient (Wildman–Crippen LogP) is 2.87. The fraction of sp³-hybridized carbons (Fsp3) is 0.300. The Kier molecular flexibility index (Phi) is 3.48. The summed E-state index contributed by atoms with van der Waals surface area (Å²) in [6, 6.07) is 5.04. The second-order valence-corrected chi connectivity index (χ2v) is 3.49. The Labute approximate surface area is 82.1 Å². The first kappa shape index (κ1) is 10.3. The molecule has 3 heteroatoms. The van der Waals surface area contributed by atoms with Crippen molar-refractivity contribution < 1.29 is 4.39 Å². The highest BCUT2D eigenvalue weighted by Gasteiger charge is 2.03. The molecule has 1 rings (SSSR count). The van der Waals surface area contributed by atoms with Gasteiger partial charge in [0.2, 0.25) is 0 Å². The second-order valence-electron chi connectivity index (χ2n) is 2.70. The third kappa shape index (κ3) is 2.31. The summed E-state index contributed by atoms with van der Waals surface area (Å²) in [6.45, 7) is 1.76. The van der Waals surface area contributed by atoms with Crippen molar-refractivity contribution in [2.45, 2.75) is 6.92 Å². The van der Waals surface area contributed by atoms with Crippen LogP contribution in [0.25, 0.3) is 0 Å². The first-order valence-electron chi connectivity index (χ1n) is 3.96. The molecule has 0 amide bonds. The standard InChI is InChI=1S/C10H12FNS/c1-7-6-8(4-5-9(7)11)10(12-2)13-3/h4-6H,1-3H3. The van der Waals surface area contributed by atoms with Gasteiger partial charge in [0.05, 0.1) is 5.04 Å². The topological polar surface area (TPSA) is 12.4 Å². The summed E-state index contributed by atoms with van der Waals surface area (Å²) in [5.74, 6) is -0.166. The summed E-state index contributed by atoms with van der Waals surface area (Å²) in [6.07, 6.45) is 1.96. The first-order valence-corrected chi connectivity index (χ1v) is 5.18. The summed E-state index contributed by atoms with van der Waals surface area (Å²) in [4.78, 5) is 4.10. The number of rotatable bonds is 1. The minimum absolute atomic E-state index is 0.166. The lowest BCUT2D eigenvalue weighted by Gasteiger charge is -2.03. The Hall–Kier alpha value is -0.830. The number of benzene rings is 1. The van der Waals surface area contributed by atoms with Gasteiger partial charge in [0.1, 0.15) is 5.82 Å². The maximum absolute atomic E-state index is 12.9. The van der Waals surface area contributed by atoms with Gasteiger partial charge in [-0.15, -0.1) is 11.8 Å². The molecule has 0 atom stereocenters. The van der Waals surface area contributed by atoms with Crippen LogP contribution in [0.5, 0.6) is 0 Å². The lowest BCUT2D eigenvalue weighted by atomic mass is 10.1. The van der Waals surface area contributed by atoms with E-state index >= 15 is 0 Å². The van der Waals surface area contributed by atoms with Gasteiger partial charge in [-0.1, -0.05) is 0 Å². The fourth-order valence-electron chi connectivity index (χ4n) is 1.12. The zero-order valence-electron chi connectivity index (χ0n) is 7.97. The van der Waals surface area contributed by atoms with E-state index in [9.17, 15) is 4.39 Å². The Morgan fingerprint density at radius 2 is 2.15 bits per heavy atom. The number of hydrogen-bond donors (Lipinski definition) is 0. The Morgan fingerprint density at radius 1 is 1.46 bits per heavy atom. The number of thioether (sulfide) groups is 1. The van der Waals surface area contributed by atoms with Gasteiger partial charge in [0.25, 0.3) is 0 Å². The van der Waals surface area contributed by atoms with E-state index in [1.54, 1.807) is 31.8 Å². The number of hydrogen-bond acceptors (Lipinski definition) is 2. The molecule has 0 saturated carbocycles. The second kappa shape index (κ2) is 4.42. The zero-order valence-corrected chi connectivity index (χ0v) is 8.78. The van der Waals surface area contributed by atoms with Gasteiger partial charge >= 0.3 is 0 Å². The van der Waals surface area contributed by atoms with Crippen LogP contribution in [0, 0.1) is 12.7 Å². The van der Waals surface area contributed by atoms with Crippen LogP contribution < -0.4 is 0 Å². The maximum atomic E-state index is 12.9. The van der Waals surface area contributed by atoms with Gasteiger partial charge in [-0.25, -0.2) is 4.39 Å². The van der Waals surface area contributed by atoms with Crippen LogP contribution in [0.15, 0.2) is 23.2 Å². The maximum Gasteiger partial charge on any atom is 0.126 e. The van der Waals surface area contributed by atoms with E-state index in [2.05, 4.69) is 4.99 Å².